The van der Waals surface area contributed by atoms with E-state index in [4.69, 9.17) is 14.0 Å². The molecule has 2 aromatic rings. The molecule has 1 heterocycles. The molecule has 106 valence electrons. The maximum atomic E-state index is 10.8. The maximum absolute atomic E-state index is 10.8. The summed E-state index contributed by atoms with van der Waals surface area (Å²) in [5, 5.41) is 6.45. The van der Waals surface area contributed by atoms with Crippen molar-refractivity contribution in [2.75, 3.05) is 14.2 Å². The van der Waals surface area contributed by atoms with Gasteiger partial charge in [0.15, 0.2) is 11.5 Å². The predicted molar refractivity (Wildman–Crippen MR) is 70.4 cm³/mol. The SMILES string of the molecule is COc1ccc(-c2noc(CNC(C)=O)n2)cc1OC. The van der Waals surface area contributed by atoms with Gasteiger partial charge in [-0.2, -0.15) is 4.98 Å². The molecule has 2 rings (SSSR count). The molecule has 1 aromatic carbocycles. The Morgan fingerprint density at radius 1 is 1.30 bits per heavy atom. The first-order chi connectivity index (χ1) is 9.63. The van der Waals surface area contributed by atoms with Gasteiger partial charge in [-0.1, -0.05) is 5.16 Å². The topological polar surface area (TPSA) is 86.5 Å². The highest BCUT2D eigenvalue weighted by atomic mass is 16.5. The third kappa shape index (κ3) is 3.05. The highest BCUT2D eigenvalue weighted by Crippen LogP contribution is 2.31. The lowest BCUT2D eigenvalue weighted by atomic mass is 10.2. The van der Waals surface area contributed by atoms with E-state index in [-0.39, 0.29) is 12.5 Å². The van der Waals surface area contributed by atoms with Gasteiger partial charge in [0.1, 0.15) is 0 Å². The minimum atomic E-state index is -0.157. The Morgan fingerprint density at radius 3 is 2.70 bits per heavy atom. The molecule has 0 fully saturated rings. The second-order valence-corrected chi connectivity index (χ2v) is 3.99. The zero-order chi connectivity index (χ0) is 14.5. The average Bonchev–Trinajstić information content (AvgIpc) is 2.93. The molecule has 0 aliphatic carbocycles. The van der Waals surface area contributed by atoms with Crippen molar-refractivity contribution in [1.29, 1.82) is 0 Å². The molecule has 1 amide bonds. The lowest BCUT2D eigenvalue weighted by molar-refractivity contribution is -0.119. The zero-order valence-corrected chi connectivity index (χ0v) is 11.5. The maximum Gasteiger partial charge on any atom is 0.246 e. The van der Waals surface area contributed by atoms with Gasteiger partial charge in [-0.3, -0.25) is 4.79 Å². The van der Waals surface area contributed by atoms with Crippen molar-refractivity contribution in [2.45, 2.75) is 13.5 Å². The first-order valence-corrected chi connectivity index (χ1v) is 5.93. The third-order valence-electron chi connectivity index (χ3n) is 2.60. The molecule has 0 aliphatic heterocycles. The Labute approximate surface area is 115 Å². The van der Waals surface area contributed by atoms with Gasteiger partial charge in [-0.25, -0.2) is 0 Å². The Bertz CT molecular complexity index is 609. The summed E-state index contributed by atoms with van der Waals surface area (Å²) in [5.74, 6) is 1.81. The van der Waals surface area contributed by atoms with Crippen LogP contribution in [-0.2, 0) is 11.3 Å². The summed E-state index contributed by atoms with van der Waals surface area (Å²) >= 11 is 0. The second-order valence-electron chi connectivity index (χ2n) is 3.99. The minimum Gasteiger partial charge on any atom is -0.493 e. The number of nitrogens with one attached hydrogen (secondary N) is 1. The molecule has 0 saturated carbocycles. The molecule has 0 radical (unpaired) electrons. The Kier molecular flexibility index (Phi) is 4.19. The number of aromatic nitrogens is 2. The summed E-state index contributed by atoms with van der Waals surface area (Å²) < 4.78 is 15.4. The molecule has 1 aromatic heterocycles. The van der Waals surface area contributed by atoms with Crippen LogP contribution in [0.25, 0.3) is 11.4 Å². The van der Waals surface area contributed by atoms with Crippen molar-refractivity contribution < 1.29 is 18.8 Å². The van der Waals surface area contributed by atoms with E-state index in [1.165, 1.54) is 6.92 Å². The summed E-state index contributed by atoms with van der Waals surface area (Å²) in [7, 11) is 3.12. The molecule has 0 unspecified atom stereocenters. The van der Waals surface area contributed by atoms with E-state index < -0.39 is 0 Å². The minimum absolute atomic E-state index is 0.157. The summed E-state index contributed by atoms with van der Waals surface area (Å²) in [6.07, 6.45) is 0. The summed E-state index contributed by atoms with van der Waals surface area (Å²) in [4.78, 5) is 15.0. The quantitative estimate of drug-likeness (QED) is 0.888. The lowest BCUT2D eigenvalue weighted by Crippen LogP contribution is -2.18. The molecular weight excluding hydrogens is 262 g/mol. The molecule has 7 heteroatoms. The van der Waals surface area contributed by atoms with Crippen LogP contribution in [0.3, 0.4) is 0 Å². The van der Waals surface area contributed by atoms with Crippen LogP contribution in [-0.4, -0.2) is 30.3 Å². The summed E-state index contributed by atoms with van der Waals surface area (Å²) in [5.41, 5.74) is 0.737. The van der Waals surface area contributed by atoms with E-state index in [9.17, 15) is 4.79 Å². The number of benzene rings is 1. The number of nitrogens with zero attached hydrogens (tertiary/aromatic N) is 2. The zero-order valence-electron chi connectivity index (χ0n) is 11.5. The van der Waals surface area contributed by atoms with Gasteiger partial charge in [0.25, 0.3) is 0 Å². The van der Waals surface area contributed by atoms with Gasteiger partial charge in [0.05, 0.1) is 20.8 Å². The highest BCUT2D eigenvalue weighted by Gasteiger charge is 2.12. The van der Waals surface area contributed by atoms with Crippen LogP contribution < -0.4 is 14.8 Å². The van der Waals surface area contributed by atoms with Gasteiger partial charge in [-0.15, -0.1) is 0 Å². The Balaban J connectivity index is 2.21. The molecule has 0 aliphatic rings. The molecule has 7 nitrogen and oxygen atoms in total. The van der Waals surface area contributed by atoms with Crippen molar-refractivity contribution >= 4 is 5.91 Å². The average molecular weight is 277 g/mol. The van der Waals surface area contributed by atoms with E-state index in [2.05, 4.69) is 15.5 Å². The fourth-order valence-electron chi connectivity index (χ4n) is 1.62. The number of hydrogen-bond donors (Lipinski definition) is 1. The molecule has 0 spiro atoms. The van der Waals surface area contributed by atoms with Crippen molar-refractivity contribution in [1.82, 2.24) is 15.5 Å². The Morgan fingerprint density at radius 2 is 2.05 bits per heavy atom. The van der Waals surface area contributed by atoms with Crippen molar-refractivity contribution in [2.24, 2.45) is 0 Å². The van der Waals surface area contributed by atoms with Gasteiger partial charge in [0, 0.05) is 12.5 Å². The Hall–Kier alpha value is -2.57. The van der Waals surface area contributed by atoms with Crippen molar-refractivity contribution in [3.8, 4) is 22.9 Å². The standard InChI is InChI=1S/C13H15N3O4/c1-8(17)14-7-12-15-13(16-20-12)9-4-5-10(18-2)11(6-9)19-3/h4-6H,7H2,1-3H3,(H,14,17). The molecule has 20 heavy (non-hydrogen) atoms. The van der Waals surface area contributed by atoms with Crippen molar-refractivity contribution in [3.63, 3.8) is 0 Å². The van der Waals surface area contributed by atoms with Gasteiger partial charge < -0.3 is 19.3 Å². The van der Waals surface area contributed by atoms with Gasteiger partial charge >= 0.3 is 0 Å². The van der Waals surface area contributed by atoms with Crippen LogP contribution >= 0.6 is 0 Å². The van der Waals surface area contributed by atoms with Crippen LogP contribution in [0.15, 0.2) is 22.7 Å². The van der Waals surface area contributed by atoms with E-state index >= 15 is 0 Å². The van der Waals surface area contributed by atoms with E-state index in [1.807, 2.05) is 0 Å². The molecular formula is C13H15N3O4. The first kappa shape index (κ1) is 13.9. The lowest BCUT2D eigenvalue weighted by Gasteiger charge is -2.07. The number of carbonyl (C=O) groups excluding carboxylic acids is 1. The van der Waals surface area contributed by atoms with E-state index in [1.54, 1.807) is 32.4 Å². The predicted octanol–water partition coefficient (Wildman–Crippen LogP) is 1.39. The van der Waals surface area contributed by atoms with Crippen LogP contribution in [0, 0.1) is 0 Å². The number of rotatable bonds is 5. The molecule has 0 saturated heterocycles. The molecule has 1 N–H and O–H groups in total. The number of amides is 1. The monoisotopic (exact) mass is 277 g/mol. The molecule has 0 bridgehead atoms. The largest absolute Gasteiger partial charge is 0.493 e. The number of carbonyl (C=O) groups is 1. The van der Waals surface area contributed by atoms with Crippen LogP contribution in [0.2, 0.25) is 0 Å². The van der Waals surface area contributed by atoms with Crippen LogP contribution in [0.4, 0.5) is 0 Å². The van der Waals surface area contributed by atoms with Crippen LogP contribution in [0.1, 0.15) is 12.8 Å². The fraction of sp³-hybridized carbons (Fsp3) is 0.308. The fourth-order valence-corrected chi connectivity index (χ4v) is 1.62. The number of ether oxygens (including phenoxy) is 2. The number of hydrogen-bond acceptors (Lipinski definition) is 6. The normalized spacial score (nSPS) is 10.2. The van der Waals surface area contributed by atoms with E-state index in [0.29, 0.717) is 23.2 Å². The van der Waals surface area contributed by atoms with Gasteiger partial charge in [-0.05, 0) is 18.2 Å². The second kappa shape index (κ2) is 6.05. The summed E-state index contributed by atoms with van der Waals surface area (Å²) in [6.45, 7) is 1.63. The highest BCUT2D eigenvalue weighted by molar-refractivity contribution is 5.72. The van der Waals surface area contributed by atoms with E-state index in [0.717, 1.165) is 5.56 Å². The molecule has 0 atom stereocenters. The first-order valence-electron chi connectivity index (χ1n) is 5.93. The van der Waals surface area contributed by atoms with Gasteiger partial charge in [0.2, 0.25) is 17.6 Å². The number of methoxy groups -OCH3 is 2. The summed E-state index contributed by atoms with van der Waals surface area (Å²) in [6, 6.07) is 5.32. The smallest absolute Gasteiger partial charge is 0.246 e. The van der Waals surface area contributed by atoms with Crippen LogP contribution in [0.5, 0.6) is 11.5 Å². The van der Waals surface area contributed by atoms with Crippen molar-refractivity contribution in [3.05, 3.63) is 24.1 Å². The third-order valence-corrected chi connectivity index (χ3v) is 2.60.